The van der Waals surface area contributed by atoms with Crippen LogP contribution in [0.2, 0.25) is 0 Å². The summed E-state index contributed by atoms with van der Waals surface area (Å²) in [6.45, 7) is 6.16. The Bertz CT molecular complexity index is 507. The Labute approximate surface area is 113 Å². The minimum absolute atomic E-state index is 0.130. The third-order valence-electron chi connectivity index (χ3n) is 2.80. The van der Waals surface area contributed by atoms with E-state index in [0.717, 1.165) is 11.6 Å². The minimum Gasteiger partial charge on any atom is -0.508 e. The Balaban J connectivity index is 3.10. The number of benzene rings is 1. The van der Waals surface area contributed by atoms with E-state index >= 15 is 0 Å². The highest BCUT2D eigenvalue weighted by Gasteiger charge is 2.33. The molecule has 19 heavy (non-hydrogen) atoms. The monoisotopic (exact) mass is 264 g/mol. The van der Waals surface area contributed by atoms with Gasteiger partial charge in [-0.2, -0.15) is 0 Å². The average Bonchev–Trinajstić information content (AvgIpc) is 2.24. The van der Waals surface area contributed by atoms with Crippen LogP contribution in [0.15, 0.2) is 30.4 Å². The molecular weight excluding hydrogens is 244 g/mol. The molecule has 104 valence electrons. The molecule has 0 saturated heterocycles. The van der Waals surface area contributed by atoms with Crippen molar-refractivity contribution in [3.63, 3.8) is 0 Å². The van der Waals surface area contributed by atoms with Gasteiger partial charge in [0.1, 0.15) is 5.75 Å². The minimum atomic E-state index is -1.83. The standard InChI is InChI=1S/C15H20O4/c1-10-5-6-11(12(16)9-10)15(4,19)13(17)7-8-14(2,3)18/h5-9,16,18-19H,1-4H3. The molecule has 1 rings (SSSR count). The molecule has 4 nitrogen and oxygen atoms in total. The molecule has 0 radical (unpaired) electrons. The van der Waals surface area contributed by atoms with E-state index in [-0.39, 0.29) is 11.3 Å². The third kappa shape index (κ3) is 3.91. The van der Waals surface area contributed by atoms with Gasteiger partial charge in [0.2, 0.25) is 0 Å². The van der Waals surface area contributed by atoms with Crippen molar-refractivity contribution in [2.75, 3.05) is 0 Å². The molecule has 0 aliphatic carbocycles. The number of ketones is 1. The topological polar surface area (TPSA) is 77.8 Å². The number of aliphatic hydroxyl groups is 2. The van der Waals surface area contributed by atoms with Gasteiger partial charge in [-0.25, -0.2) is 0 Å². The Morgan fingerprint density at radius 3 is 2.26 bits per heavy atom. The lowest BCUT2D eigenvalue weighted by atomic mass is 9.89. The van der Waals surface area contributed by atoms with E-state index in [2.05, 4.69) is 0 Å². The van der Waals surface area contributed by atoms with E-state index in [9.17, 15) is 20.1 Å². The van der Waals surface area contributed by atoms with E-state index in [1.807, 2.05) is 0 Å². The van der Waals surface area contributed by atoms with Gasteiger partial charge < -0.3 is 15.3 Å². The predicted molar refractivity (Wildman–Crippen MR) is 72.9 cm³/mol. The second-order valence-corrected chi connectivity index (χ2v) is 5.44. The molecule has 1 aromatic carbocycles. The summed E-state index contributed by atoms with van der Waals surface area (Å²) < 4.78 is 0. The van der Waals surface area contributed by atoms with Gasteiger partial charge in [0.05, 0.1) is 5.60 Å². The maximum absolute atomic E-state index is 12.0. The van der Waals surface area contributed by atoms with Gasteiger partial charge in [0.25, 0.3) is 0 Å². The van der Waals surface area contributed by atoms with Crippen LogP contribution in [0.25, 0.3) is 0 Å². The normalized spacial score (nSPS) is 15.5. The van der Waals surface area contributed by atoms with Gasteiger partial charge in [0, 0.05) is 5.56 Å². The number of aromatic hydroxyl groups is 1. The summed E-state index contributed by atoms with van der Waals surface area (Å²) in [6.07, 6.45) is 2.42. The largest absolute Gasteiger partial charge is 0.508 e. The molecule has 0 aromatic heterocycles. The van der Waals surface area contributed by atoms with Gasteiger partial charge in [-0.05, 0) is 45.4 Å². The Hall–Kier alpha value is -1.65. The van der Waals surface area contributed by atoms with Gasteiger partial charge in [0.15, 0.2) is 11.4 Å². The lowest BCUT2D eigenvalue weighted by Crippen LogP contribution is -2.31. The maximum Gasteiger partial charge on any atom is 0.191 e. The van der Waals surface area contributed by atoms with Gasteiger partial charge in [-0.3, -0.25) is 4.79 Å². The summed E-state index contributed by atoms with van der Waals surface area (Å²) in [5.74, 6) is -0.733. The highest BCUT2D eigenvalue weighted by atomic mass is 16.3. The van der Waals surface area contributed by atoms with Crippen LogP contribution in [0.3, 0.4) is 0 Å². The van der Waals surface area contributed by atoms with Crippen molar-refractivity contribution in [1.82, 2.24) is 0 Å². The van der Waals surface area contributed by atoms with Crippen LogP contribution in [0, 0.1) is 6.92 Å². The number of aryl methyl sites for hydroxylation is 1. The fourth-order valence-electron chi connectivity index (χ4n) is 1.63. The van der Waals surface area contributed by atoms with Crippen LogP contribution >= 0.6 is 0 Å². The van der Waals surface area contributed by atoms with Crippen LogP contribution in [-0.4, -0.2) is 26.7 Å². The molecule has 0 fully saturated rings. The maximum atomic E-state index is 12.0. The summed E-state index contributed by atoms with van der Waals surface area (Å²) >= 11 is 0. The summed E-state index contributed by atoms with van der Waals surface area (Å²) in [5, 5.41) is 29.6. The average molecular weight is 264 g/mol. The number of hydrogen-bond acceptors (Lipinski definition) is 4. The molecule has 0 spiro atoms. The summed E-state index contributed by atoms with van der Waals surface area (Å²) in [5.41, 5.74) is -2.00. The van der Waals surface area contributed by atoms with E-state index in [4.69, 9.17) is 0 Å². The number of carbonyl (C=O) groups excluding carboxylic acids is 1. The van der Waals surface area contributed by atoms with Crippen molar-refractivity contribution in [3.05, 3.63) is 41.5 Å². The Morgan fingerprint density at radius 1 is 1.21 bits per heavy atom. The molecule has 0 amide bonds. The van der Waals surface area contributed by atoms with E-state index in [1.165, 1.54) is 39.0 Å². The SMILES string of the molecule is Cc1ccc(C(C)(O)C(=O)C=CC(C)(C)O)c(O)c1. The van der Waals surface area contributed by atoms with Crippen LogP contribution in [0.5, 0.6) is 5.75 Å². The fraction of sp³-hybridized carbons (Fsp3) is 0.400. The number of hydrogen-bond donors (Lipinski definition) is 3. The lowest BCUT2D eigenvalue weighted by Gasteiger charge is -2.22. The molecule has 0 aliphatic rings. The summed E-state index contributed by atoms with van der Waals surface area (Å²) in [7, 11) is 0. The molecule has 0 saturated carbocycles. The van der Waals surface area contributed by atoms with Gasteiger partial charge in [-0.15, -0.1) is 0 Å². The first kappa shape index (κ1) is 15.4. The zero-order chi connectivity index (χ0) is 14.8. The fourth-order valence-corrected chi connectivity index (χ4v) is 1.63. The van der Waals surface area contributed by atoms with Crippen molar-refractivity contribution < 1.29 is 20.1 Å². The highest BCUT2D eigenvalue weighted by molar-refractivity contribution is 5.97. The summed E-state index contributed by atoms with van der Waals surface area (Å²) in [6, 6.07) is 4.70. The molecular formula is C15H20O4. The molecule has 0 bridgehead atoms. The number of phenols is 1. The third-order valence-corrected chi connectivity index (χ3v) is 2.80. The Kier molecular flexibility index (Phi) is 4.18. The first-order chi connectivity index (χ1) is 8.54. The van der Waals surface area contributed by atoms with Crippen LogP contribution in [0.1, 0.15) is 31.9 Å². The molecule has 0 heterocycles. The second kappa shape index (κ2) is 5.15. The molecule has 3 N–H and O–H groups in total. The van der Waals surface area contributed by atoms with Crippen LogP contribution in [0.4, 0.5) is 0 Å². The molecule has 1 aromatic rings. The first-order valence-electron chi connectivity index (χ1n) is 6.02. The molecule has 0 aliphatic heterocycles. The first-order valence-corrected chi connectivity index (χ1v) is 6.02. The van der Waals surface area contributed by atoms with Gasteiger partial charge in [-0.1, -0.05) is 18.2 Å². The quantitative estimate of drug-likeness (QED) is 0.725. The predicted octanol–water partition coefficient (Wildman–Crippen LogP) is 1.80. The zero-order valence-corrected chi connectivity index (χ0v) is 11.6. The van der Waals surface area contributed by atoms with E-state index in [0.29, 0.717) is 0 Å². The number of rotatable bonds is 4. The van der Waals surface area contributed by atoms with Crippen molar-refractivity contribution >= 4 is 5.78 Å². The van der Waals surface area contributed by atoms with Crippen molar-refractivity contribution in [2.24, 2.45) is 0 Å². The van der Waals surface area contributed by atoms with Gasteiger partial charge >= 0.3 is 0 Å². The lowest BCUT2D eigenvalue weighted by molar-refractivity contribution is -0.131. The van der Waals surface area contributed by atoms with Crippen molar-refractivity contribution in [1.29, 1.82) is 0 Å². The van der Waals surface area contributed by atoms with Crippen molar-refractivity contribution in [3.8, 4) is 5.75 Å². The van der Waals surface area contributed by atoms with Crippen molar-refractivity contribution in [2.45, 2.75) is 38.9 Å². The highest BCUT2D eigenvalue weighted by Crippen LogP contribution is 2.31. The van der Waals surface area contributed by atoms with Crippen LogP contribution < -0.4 is 0 Å². The molecule has 4 heteroatoms. The van der Waals surface area contributed by atoms with Crippen LogP contribution in [-0.2, 0) is 10.4 Å². The van der Waals surface area contributed by atoms with E-state index < -0.39 is 17.0 Å². The number of carbonyl (C=O) groups is 1. The second-order valence-electron chi connectivity index (χ2n) is 5.44. The summed E-state index contributed by atoms with van der Waals surface area (Å²) in [4.78, 5) is 12.0. The Morgan fingerprint density at radius 2 is 1.79 bits per heavy atom. The molecule has 1 atom stereocenters. The smallest absolute Gasteiger partial charge is 0.191 e. The molecule has 1 unspecified atom stereocenters. The number of phenolic OH excluding ortho intramolecular Hbond substituents is 1. The zero-order valence-electron chi connectivity index (χ0n) is 11.6. The van der Waals surface area contributed by atoms with E-state index in [1.54, 1.807) is 13.0 Å².